The highest BCUT2D eigenvalue weighted by atomic mass is 16.5. The Hall–Kier alpha value is -3.62. The van der Waals surface area contributed by atoms with Gasteiger partial charge in [-0.05, 0) is 12.1 Å². The van der Waals surface area contributed by atoms with Crippen molar-refractivity contribution >= 4 is 11.9 Å². The van der Waals surface area contributed by atoms with Crippen LogP contribution in [-0.2, 0) is 0 Å². The van der Waals surface area contributed by atoms with Gasteiger partial charge in [0.2, 0.25) is 0 Å². The van der Waals surface area contributed by atoms with E-state index in [2.05, 4.69) is 0 Å². The topological polar surface area (TPSA) is 154 Å². The van der Waals surface area contributed by atoms with Crippen LogP contribution in [0.4, 0.5) is 0 Å². The Labute approximate surface area is 141 Å². The molecule has 0 saturated carbocycles. The van der Waals surface area contributed by atoms with Gasteiger partial charge in [-0.3, -0.25) is 0 Å². The summed E-state index contributed by atoms with van der Waals surface area (Å²) in [4.78, 5) is 21.0. The minimum absolute atomic E-state index is 0.128. The normalized spacial score (nSPS) is 9.52. The number of rotatable bonds is 4. The van der Waals surface area contributed by atoms with Crippen molar-refractivity contribution in [2.45, 2.75) is 0 Å². The number of hydrogen-bond donors (Lipinski definition) is 5. The molecular weight excluding hydrogens is 336 g/mol. The van der Waals surface area contributed by atoms with Crippen LogP contribution >= 0.6 is 0 Å². The lowest BCUT2D eigenvalue weighted by Crippen LogP contribution is -2.00. The number of carboxylic acids is 2. The number of phenolic OH excluding ortho intramolecular Hbond substituents is 1. The van der Waals surface area contributed by atoms with Crippen molar-refractivity contribution in [3.05, 3.63) is 41.5 Å². The molecule has 5 N–H and O–H groups in total. The molecular formula is C16H16O9. The third kappa shape index (κ3) is 4.93. The van der Waals surface area contributed by atoms with Crippen LogP contribution < -0.4 is 9.47 Å². The van der Waals surface area contributed by atoms with Crippen LogP contribution in [0.1, 0.15) is 20.7 Å². The zero-order valence-electron chi connectivity index (χ0n) is 13.3. The summed E-state index contributed by atoms with van der Waals surface area (Å²) in [6, 6.07) is 6.22. The van der Waals surface area contributed by atoms with Crippen molar-refractivity contribution in [1.29, 1.82) is 0 Å². The fourth-order valence-electron chi connectivity index (χ4n) is 1.79. The van der Waals surface area contributed by atoms with Crippen molar-refractivity contribution in [3.8, 4) is 28.7 Å². The molecule has 0 fully saturated rings. The molecule has 0 atom stereocenters. The van der Waals surface area contributed by atoms with E-state index in [1.807, 2.05) is 0 Å². The Morgan fingerprint density at radius 2 is 1.40 bits per heavy atom. The second-order valence-corrected chi connectivity index (χ2v) is 4.54. The quantitative estimate of drug-likeness (QED) is 0.555. The third-order valence-electron chi connectivity index (χ3n) is 2.93. The van der Waals surface area contributed by atoms with E-state index in [0.29, 0.717) is 11.5 Å². The molecule has 0 aliphatic carbocycles. The van der Waals surface area contributed by atoms with Crippen molar-refractivity contribution < 1.29 is 44.6 Å². The first-order valence-electron chi connectivity index (χ1n) is 6.64. The monoisotopic (exact) mass is 352 g/mol. The summed E-state index contributed by atoms with van der Waals surface area (Å²) in [5, 5.41) is 43.8. The van der Waals surface area contributed by atoms with Crippen LogP contribution in [0.25, 0.3) is 0 Å². The van der Waals surface area contributed by atoms with Crippen molar-refractivity contribution in [1.82, 2.24) is 0 Å². The SMILES string of the molecule is COc1ccc(C(=O)O)c(OC)c1.O=C(O)c1c(O)cc(O)cc1O. The van der Waals surface area contributed by atoms with Gasteiger partial charge in [-0.25, -0.2) is 9.59 Å². The maximum atomic E-state index is 10.7. The summed E-state index contributed by atoms with van der Waals surface area (Å²) in [6.07, 6.45) is 0. The first-order chi connectivity index (χ1) is 11.7. The second-order valence-electron chi connectivity index (χ2n) is 4.54. The smallest absolute Gasteiger partial charge is 0.343 e. The average Bonchev–Trinajstić information content (AvgIpc) is 2.53. The maximum absolute atomic E-state index is 10.7. The Bertz CT molecular complexity index is 760. The van der Waals surface area contributed by atoms with Crippen LogP contribution in [0.2, 0.25) is 0 Å². The van der Waals surface area contributed by atoms with Crippen LogP contribution in [0.5, 0.6) is 28.7 Å². The molecule has 2 rings (SSSR count). The average molecular weight is 352 g/mol. The molecule has 0 spiro atoms. The second kappa shape index (κ2) is 8.29. The third-order valence-corrected chi connectivity index (χ3v) is 2.93. The largest absolute Gasteiger partial charge is 0.508 e. The number of aromatic hydroxyl groups is 3. The van der Waals surface area contributed by atoms with Crippen LogP contribution in [0.15, 0.2) is 30.3 Å². The summed E-state index contributed by atoms with van der Waals surface area (Å²) in [7, 11) is 2.93. The van der Waals surface area contributed by atoms with Crippen LogP contribution in [-0.4, -0.2) is 51.7 Å². The van der Waals surface area contributed by atoms with Gasteiger partial charge in [0.15, 0.2) is 0 Å². The standard InChI is InChI=1S/C9H10O4.C7H6O5/c1-12-6-3-4-7(9(10)11)8(5-6)13-2;8-3-1-4(9)6(7(11)12)5(10)2-3/h3-5H,1-2H3,(H,10,11);1-2,8-10H,(H,11,12). The van der Waals surface area contributed by atoms with E-state index >= 15 is 0 Å². The lowest BCUT2D eigenvalue weighted by Gasteiger charge is -2.06. The van der Waals surface area contributed by atoms with E-state index in [1.54, 1.807) is 6.07 Å². The van der Waals surface area contributed by atoms with E-state index in [0.717, 1.165) is 12.1 Å². The summed E-state index contributed by atoms with van der Waals surface area (Å²) in [5.41, 5.74) is -0.490. The van der Waals surface area contributed by atoms with Gasteiger partial charge in [-0.15, -0.1) is 0 Å². The molecule has 0 unspecified atom stereocenters. The van der Waals surface area contributed by atoms with Crippen molar-refractivity contribution in [2.75, 3.05) is 14.2 Å². The highest BCUT2D eigenvalue weighted by molar-refractivity contribution is 5.94. The lowest BCUT2D eigenvalue weighted by atomic mass is 10.1. The first-order valence-corrected chi connectivity index (χ1v) is 6.64. The van der Waals surface area contributed by atoms with Gasteiger partial charge in [-0.1, -0.05) is 0 Å². The minimum atomic E-state index is -1.45. The van der Waals surface area contributed by atoms with Gasteiger partial charge in [0, 0.05) is 18.2 Å². The van der Waals surface area contributed by atoms with E-state index in [-0.39, 0.29) is 5.56 Å². The summed E-state index contributed by atoms with van der Waals surface area (Å²) < 4.78 is 9.81. The molecule has 134 valence electrons. The molecule has 0 radical (unpaired) electrons. The van der Waals surface area contributed by atoms with Gasteiger partial charge < -0.3 is 35.0 Å². The molecule has 0 aliphatic rings. The molecule has 0 bridgehead atoms. The number of hydrogen-bond acceptors (Lipinski definition) is 7. The highest BCUT2D eigenvalue weighted by Gasteiger charge is 2.16. The van der Waals surface area contributed by atoms with Gasteiger partial charge in [-0.2, -0.15) is 0 Å². The van der Waals surface area contributed by atoms with E-state index < -0.39 is 34.8 Å². The summed E-state index contributed by atoms with van der Waals surface area (Å²) in [5.74, 6) is -3.33. The molecule has 2 aromatic rings. The number of methoxy groups -OCH3 is 2. The van der Waals surface area contributed by atoms with E-state index in [9.17, 15) is 9.59 Å². The Morgan fingerprint density at radius 3 is 1.80 bits per heavy atom. The molecule has 0 aliphatic heterocycles. The van der Waals surface area contributed by atoms with Gasteiger partial charge in [0.25, 0.3) is 0 Å². The number of carbonyl (C=O) groups is 2. The number of aromatic carboxylic acids is 2. The van der Waals surface area contributed by atoms with Crippen molar-refractivity contribution in [2.24, 2.45) is 0 Å². The van der Waals surface area contributed by atoms with Crippen LogP contribution in [0, 0.1) is 0 Å². The molecule has 0 saturated heterocycles. The predicted molar refractivity (Wildman–Crippen MR) is 84.9 cm³/mol. The maximum Gasteiger partial charge on any atom is 0.343 e. The lowest BCUT2D eigenvalue weighted by molar-refractivity contribution is 0.0680. The Morgan fingerprint density at radius 1 is 0.840 bits per heavy atom. The minimum Gasteiger partial charge on any atom is -0.508 e. The first kappa shape index (κ1) is 19.4. The van der Waals surface area contributed by atoms with E-state index in [4.69, 9.17) is 35.0 Å². The summed E-state index contributed by atoms with van der Waals surface area (Å²) >= 11 is 0. The van der Waals surface area contributed by atoms with Gasteiger partial charge in [0.05, 0.1) is 14.2 Å². The molecule has 9 nitrogen and oxygen atoms in total. The molecule has 2 aromatic carbocycles. The number of ether oxygens (including phenoxy) is 2. The zero-order valence-corrected chi connectivity index (χ0v) is 13.3. The highest BCUT2D eigenvalue weighted by Crippen LogP contribution is 2.31. The van der Waals surface area contributed by atoms with Crippen LogP contribution in [0.3, 0.4) is 0 Å². The Balaban J connectivity index is 0.000000251. The zero-order chi connectivity index (χ0) is 19.1. The van der Waals surface area contributed by atoms with Crippen molar-refractivity contribution in [3.63, 3.8) is 0 Å². The Kier molecular flexibility index (Phi) is 6.44. The molecule has 0 amide bonds. The fourth-order valence-corrected chi connectivity index (χ4v) is 1.79. The molecule has 25 heavy (non-hydrogen) atoms. The fraction of sp³-hybridized carbons (Fsp3) is 0.125. The molecule has 0 aromatic heterocycles. The number of benzene rings is 2. The predicted octanol–water partition coefficient (Wildman–Crippen LogP) is 1.90. The van der Waals surface area contributed by atoms with Gasteiger partial charge >= 0.3 is 11.9 Å². The molecule has 9 heteroatoms. The number of carboxylic acid groups (broad SMARTS) is 2. The number of phenols is 3. The van der Waals surface area contributed by atoms with E-state index in [1.165, 1.54) is 26.4 Å². The summed E-state index contributed by atoms with van der Waals surface area (Å²) in [6.45, 7) is 0. The van der Waals surface area contributed by atoms with Gasteiger partial charge in [0.1, 0.15) is 39.9 Å². The molecule has 0 heterocycles.